The van der Waals surface area contributed by atoms with E-state index in [0.29, 0.717) is 13.0 Å². The molecule has 0 aromatic carbocycles. The van der Waals surface area contributed by atoms with Gasteiger partial charge in [0.25, 0.3) is 0 Å². The zero-order valence-corrected chi connectivity index (χ0v) is 8.53. The summed E-state index contributed by atoms with van der Waals surface area (Å²) in [5.41, 5.74) is 6.92. The van der Waals surface area contributed by atoms with Gasteiger partial charge in [0, 0.05) is 0 Å². The van der Waals surface area contributed by atoms with Crippen molar-refractivity contribution in [3.05, 3.63) is 23.8 Å². The quantitative estimate of drug-likeness (QED) is 0.547. The molecule has 0 aromatic rings. The summed E-state index contributed by atoms with van der Waals surface area (Å²) in [6.07, 6.45) is 8.81. The second-order valence-corrected chi connectivity index (χ2v) is 3.34. The van der Waals surface area contributed by atoms with Gasteiger partial charge in [0.05, 0.1) is 6.61 Å². The molecule has 0 aromatic heterocycles. The molecule has 3 nitrogen and oxygen atoms in total. The van der Waals surface area contributed by atoms with Crippen LogP contribution < -0.4 is 5.73 Å². The van der Waals surface area contributed by atoms with Crippen molar-refractivity contribution >= 4 is 5.97 Å². The molecule has 0 fully saturated rings. The molecular formula is C11H17NO2. The fourth-order valence-corrected chi connectivity index (χ4v) is 1.43. The number of ether oxygens (including phenoxy) is 1. The zero-order valence-electron chi connectivity index (χ0n) is 8.53. The van der Waals surface area contributed by atoms with Crippen molar-refractivity contribution in [2.24, 2.45) is 5.73 Å². The highest BCUT2D eigenvalue weighted by molar-refractivity contribution is 5.75. The maximum absolute atomic E-state index is 11.2. The summed E-state index contributed by atoms with van der Waals surface area (Å²) >= 11 is 0. The Morgan fingerprint density at radius 1 is 1.64 bits per heavy atom. The van der Waals surface area contributed by atoms with Crippen LogP contribution in [0.15, 0.2) is 23.8 Å². The van der Waals surface area contributed by atoms with Crippen LogP contribution in [-0.2, 0) is 9.53 Å². The van der Waals surface area contributed by atoms with Crippen molar-refractivity contribution in [1.82, 2.24) is 0 Å². The summed E-state index contributed by atoms with van der Waals surface area (Å²) in [6.45, 7) is 2.18. The molecule has 0 amide bonds. The number of hydrogen-bond acceptors (Lipinski definition) is 3. The van der Waals surface area contributed by atoms with Gasteiger partial charge in [-0.05, 0) is 26.2 Å². The highest BCUT2D eigenvalue weighted by Gasteiger charge is 2.16. The summed E-state index contributed by atoms with van der Waals surface area (Å²) < 4.78 is 4.84. The van der Waals surface area contributed by atoms with Gasteiger partial charge in [0.15, 0.2) is 0 Å². The van der Waals surface area contributed by atoms with Crippen molar-refractivity contribution in [1.29, 1.82) is 0 Å². The minimum atomic E-state index is -0.507. The first-order chi connectivity index (χ1) is 6.74. The van der Waals surface area contributed by atoms with E-state index in [2.05, 4.69) is 18.2 Å². The van der Waals surface area contributed by atoms with Gasteiger partial charge >= 0.3 is 5.97 Å². The topological polar surface area (TPSA) is 52.3 Å². The van der Waals surface area contributed by atoms with Crippen molar-refractivity contribution in [2.45, 2.75) is 32.2 Å². The van der Waals surface area contributed by atoms with Gasteiger partial charge in [0.1, 0.15) is 6.04 Å². The van der Waals surface area contributed by atoms with E-state index >= 15 is 0 Å². The summed E-state index contributed by atoms with van der Waals surface area (Å²) in [5, 5.41) is 0. The molecule has 1 aliphatic carbocycles. The molecular weight excluding hydrogens is 178 g/mol. The van der Waals surface area contributed by atoms with E-state index in [-0.39, 0.29) is 5.97 Å². The average molecular weight is 195 g/mol. The molecule has 0 heterocycles. The lowest BCUT2D eigenvalue weighted by atomic mass is 9.99. The average Bonchev–Trinajstić information content (AvgIpc) is 2.19. The number of carbonyl (C=O) groups is 1. The van der Waals surface area contributed by atoms with Gasteiger partial charge < -0.3 is 10.5 Å². The molecule has 3 heteroatoms. The Hall–Kier alpha value is -1.09. The summed E-state index contributed by atoms with van der Waals surface area (Å²) in [4.78, 5) is 11.2. The highest BCUT2D eigenvalue weighted by atomic mass is 16.5. The minimum absolute atomic E-state index is 0.303. The number of allylic oxidation sites excluding steroid dienone is 3. The zero-order chi connectivity index (χ0) is 10.4. The number of nitrogens with two attached hydrogens (primary N) is 1. The first-order valence-corrected chi connectivity index (χ1v) is 4.99. The largest absolute Gasteiger partial charge is 0.465 e. The van der Waals surface area contributed by atoms with Crippen LogP contribution in [-0.4, -0.2) is 18.6 Å². The SMILES string of the molecule is CCOC(=O)[C@@H](N)CC1=CCC=CC1. The minimum Gasteiger partial charge on any atom is -0.465 e. The molecule has 14 heavy (non-hydrogen) atoms. The molecule has 1 aliphatic rings. The van der Waals surface area contributed by atoms with Gasteiger partial charge in [-0.2, -0.15) is 0 Å². The van der Waals surface area contributed by atoms with E-state index in [4.69, 9.17) is 10.5 Å². The van der Waals surface area contributed by atoms with E-state index in [1.807, 2.05) is 0 Å². The van der Waals surface area contributed by atoms with Gasteiger partial charge in [-0.25, -0.2) is 0 Å². The second-order valence-electron chi connectivity index (χ2n) is 3.34. The Kier molecular flexibility index (Phi) is 4.40. The molecule has 1 rings (SSSR count). The maximum atomic E-state index is 11.2. The summed E-state index contributed by atoms with van der Waals surface area (Å²) in [6, 6.07) is -0.507. The van der Waals surface area contributed by atoms with E-state index in [9.17, 15) is 4.79 Å². The molecule has 0 spiro atoms. The second kappa shape index (κ2) is 5.60. The molecule has 0 aliphatic heterocycles. The van der Waals surface area contributed by atoms with Gasteiger partial charge in [-0.3, -0.25) is 4.79 Å². The third-order valence-corrected chi connectivity index (χ3v) is 2.16. The number of carbonyl (C=O) groups excluding carboxylic acids is 1. The maximum Gasteiger partial charge on any atom is 0.323 e. The molecule has 0 radical (unpaired) electrons. The van der Waals surface area contributed by atoms with Crippen LogP contribution in [0.2, 0.25) is 0 Å². The molecule has 0 saturated carbocycles. The van der Waals surface area contributed by atoms with E-state index < -0.39 is 6.04 Å². The van der Waals surface area contributed by atoms with Crippen molar-refractivity contribution < 1.29 is 9.53 Å². The van der Waals surface area contributed by atoms with Crippen LogP contribution >= 0.6 is 0 Å². The van der Waals surface area contributed by atoms with Gasteiger partial charge in [-0.1, -0.05) is 23.8 Å². The fourth-order valence-electron chi connectivity index (χ4n) is 1.43. The molecule has 0 bridgehead atoms. The van der Waals surface area contributed by atoms with Crippen molar-refractivity contribution in [3.8, 4) is 0 Å². The van der Waals surface area contributed by atoms with Crippen molar-refractivity contribution in [3.63, 3.8) is 0 Å². The smallest absolute Gasteiger partial charge is 0.323 e. The van der Waals surface area contributed by atoms with Crippen LogP contribution in [0.4, 0.5) is 0 Å². The van der Waals surface area contributed by atoms with Crippen LogP contribution in [0, 0.1) is 0 Å². The molecule has 2 N–H and O–H groups in total. The normalized spacial score (nSPS) is 17.4. The fraction of sp³-hybridized carbons (Fsp3) is 0.545. The van der Waals surface area contributed by atoms with E-state index in [1.165, 1.54) is 5.57 Å². The number of rotatable bonds is 4. The van der Waals surface area contributed by atoms with Crippen LogP contribution in [0.25, 0.3) is 0 Å². The third kappa shape index (κ3) is 3.34. The lowest BCUT2D eigenvalue weighted by Gasteiger charge is -2.13. The number of esters is 1. The standard InChI is InChI=1S/C11H17NO2/c1-2-14-11(13)10(12)8-9-6-4-3-5-7-9/h3-4,7,10H,2,5-6,8,12H2,1H3/t10-/m0/s1. The Morgan fingerprint density at radius 2 is 2.43 bits per heavy atom. The highest BCUT2D eigenvalue weighted by Crippen LogP contribution is 2.16. The van der Waals surface area contributed by atoms with Crippen LogP contribution in [0.3, 0.4) is 0 Å². The molecule has 1 atom stereocenters. The lowest BCUT2D eigenvalue weighted by molar-refractivity contribution is -0.144. The van der Waals surface area contributed by atoms with E-state index in [1.54, 1.807) is 6.92 Å². The summed E-state index contributed by atoms with van der Waals surface area (Å²) in [5.74, 6) is -0.303. The lowest BCUT2D eigenvalue weighted by Crippen LogP contribution is -2.32. The molecule has 0 unspecified atom stereocenters. The van der Waals surface area contributed by atoms with E-state index in [0.717, 1.165) is 12.8 Å². The molecule has 78 valence electrons. The predicted molar refractivity (Wildman–Crippen MR) is 55.7 cm³/mol. The monoisotopic (exact) mass is 195 g/mol. The Balaban J connectivity index is 2.36. The number of hydrogen-bond donors (Lipinski definition) is 1. The first kappa shape index (κ1) is 11.0. The Labute approximate surface area is 84.6 Å². The Bertz CT molecular complexity index is 256. The summed E-state index contributed by atoms with van der Waals surface area (Å²) in [7, 11) is 0. The van der Waals surface area contributed by atoms with Crippen LogP contribution in [0.1, 0.15) is 26.2 Å². The van der Waals surface area contributed by atoms with Gasteiger partial charge in [0.2, 0.25) is 0 Å². The third-order valence-electron chi connectivity index (χ3n) is 2.16. The first-order valence-electron chi connectivity index (χ1n) is 4.99. The Morgan fingerprint density at radius 3 is 3.00 bits per heavy atom. The van der Waals surface area contributed by atoms with Crippen molar-refractivity contribution in [2.75, 3.05) is 6.61 Å². The predicted octanol–water partition coefficient (Wildman–Crippen LogP) is 1.54. The molecule has 0 saturated heterocycles. The van der Waals surface area contributed by atoms with Gasteiger partial charge in [-0.15, -0.1) is 0 Å². The van der Waals surface area contributed by atoms with Crippen LogP contribution in [0.5, 0.6) is 0 Å².